The summed E-state index contributed by atoms with van der Waals surface area (Å²) in [6.07, 6.45) is 0.839. The van der Waals surface area contributed by atoms with Gasteiger partial charge in [-0.05, 0) is 6.42 Å². The first-order valence-corrected chi connectivity index (χ1v) is 4.17. The second-order valence-electron chi connectivity index (χ2n) is 3.67. The maximum absolute atomic E-state index is 11.3. The number of hydrogen-bond acceptors (Lipinski definition) is 4. The third-order valence-electron chi connectivity index (χ3n) is 2.92. The standard InChI is InChI=1S/C7H10N2O4/c10-3-5-1-4-2-7(4,9(12)13)6(11)8-5/h4-5,10H,1-3H2,(H,8,11)/t4-,5-,7-/m1/s1. The molecule has 0 unspecified atom stereocenters. The summed E-state index contributed by atoms with van der Waals surface area (Å²) in [5.74, 6) is -0.707. The van der Waals surface area contributed by atoms with Gasteiger partial charge in [0.05, 0.1) is 12.6 Å². The summed E-state index contributed by atoms with van der Waals surface area (Å²) in [6, 6.07) is -0.298. The molecular formula is C7H10N2O4. The lowest BCUT2D eigenvalue weighted by atomic mass is 10.0. The van der Waals surface area contributed by atoms with Gasteiger partial charge in [-0.15, -0.1) is 0 Å². The number of amides is 1. The average Bonchev–Trinajstić information content (AvgIpc) is 2.80. The molecule has 1 aliphatic carbocycles. The number of piperidine rings is 1. The first-order chi connectivity index (χ1) is 6.11. The van der Waals surface area contributed by atoms with Gasteiger partial charge in [0.2, 0.25) is 0 Å². The molecule has 6 nitrogen and oxygen atoms in total. The molecule has 0 spiro atoms. The Morgan fingerprint density at radius 3 is 2.92 bits per heavy atom. The zero-order valence-corrected chi connectivity index (χ0v) is 6.90. The molecule has 2 rings (SSSR count). The maximum atomic E-state index is 11.3. The summed E-state index contributed by atoms with van der Waals surface area (Å²) in [4.78, 5) is 21.4. The number of nitrogens with one attached hydrogen (secondary N) is 1. The molecule has 13 heavy (non-hydrogen) atoms. The van der Waals surface area contributed by atoms with Crippen LogP contribution in [0.1, 0.15) is 12.8 Å². The number of nitrogens with zero attached hydrogens (tertiary/aromatic N) is 1. The Bertz CT molecular complexity index is 280. The minimum atomic E-state index is -1.36. The van der Waals surface area contributed by atoms with E-state index in [1.54, 1.807) is 0 Å². The van der Waals surface area contributed by atoms with Crippen molar-refractivity contribution in [3.8, 4) is 0 Å². The fourth-order valence-electron chi connectivity index (χ4n) is 2.01. The van der Waals surface area contributed by atoms with Crippen LogP contribution in [-0.4, -0.2) is 34.1 Å². The van der Waals surface area contributed by atoms with Crippen molar-refractivity contribution in [3.05, 3.63) is 10.1 Å². The fourth-order valence-corrected chi connectivity index (χ4v) is 2.01. The van der Waals surface area contributed by atoms with Gasteiger partial charge in [-0.2, -0.15) is 0 Å². The van der Waals surface area contributed by atoms with Crippen LogP contribution in [-0.2, 0) is 4.79 Å². The average molecular weight is 186 g/mol. The number of carbonyl (C=O) groups is 1. The molecule has 1 saturated heterocycles. The molecule has 1 amide bonds. The molecule has 72 valence electrons. The number of hydrogen-bond donors (Lipinski definition) is 2. The lowest BCUT2D eigenvalue weighted by Crippen LogP contribution is -2.53. The lowest BCUT2D eigenvalue weighted by molar-refractivity contribution is -0.527. The maximum Gasteiger partial charge on any atom is 0.302 e. The number of aliphatic hydroxyl groups excluding tert-OH is 1. The van der Waals surface area contributed by atoms with Crippen molar-refractivity contribution in [2.75, 3.05) is 6.61 Å². The first-order valence-electron chi connectivity index (χ1n) is 4.17. The Morgan fingerprint density at radius 1 is 1.77 bits per heavy atom. The van der Waals surface area contributed by atoms with Crippen LogP contribution in [0.25, 0.3) is 0 Å². The minimum absolute atomic E-state index is 0.143. The van der Waals surface area contributed by atoms with E-state index in [4.69, 9.17) is 5.11 Å². The summed E-state index contributed by atoms with van der Waals surface area (Å²) in [5.41, 5.74) is -1.36. The molecule has 1 aliphatic heterocycles. The quantitative estimate of drug-likeness (QED) is 0.423. The van der Waals surface area contributed by atoms with Crippen molar-refractivity contribution in [2.24, 2.45) is 5.92 Å². The summed E-state index contributed by atoms with van der Waals surface area (Å²) in [7, 11) is 0. The van der Waals surface area contributed by atoms with Gasteiger partial charge in [0.25, 0.3) is 5.91 Å². The summed E-state index contributed by atoms with van der Waals surface area (Å²) in [5, 5.41) is 21.8. The number of aliphatic hydroxyl groups is 1. The normalized spacial score (nSPS) is 42.1. The fraction of sp³-hybridized carbons (Fsp3) is 0.857. The molecule has 0 radical (unpaired) electrons. The molecule has 6 heteroatoms. The molecule has 2 N–H and O–H groups in total. The number of nitro groups is 1. The SMILES string of the molecule is O=C1N[C@@H](CO)C[C@@H]2C[C@]12[N+](=O)[O-]. The Balaban J connectivity index is 2.16. The molecule has 1 saturated carbocycles. The molecule has 0 aromatic rings. The van der Waals surface area contributed by atoms with Crippen LogP contribution in [0.4, 0.5) is 0 Å². The number of rotatable bonds is 2. The molecule has 0 aromatic carbocycles. The third kappa shape index (κ3) is 0.949. The van der Waals surface area contributed by atoms with Crippen molar-refractivity contribution in [1.29, 1.82) is 0 Å². The second kappa shape index (κ2) is 2.41. The van der Waals surface area contributed by atoms with E-state index in [0.29, 0.717) is 12.8 Å². The Labute approximate surface area is 74.1 Å². The van der Waals surface area contributed by atoms with Gasteiger partial charge >= 0.3 is 5.54 Å². The zero-order valence-electron chi connectivity index (χ0n) is 6.90. The van der Waals surface area contributed by atoms with Crippen LogP contribution < -0.4 is 5.32 Å². The summed E-state index contributed by atoms with van der Waals surface area (Å²) >= 11 is 0. The Morgan fingerprint density at radius 2 is 2.46 bits per heavy atom. The third-order valence-corrected chi connectivity index (χ3v) is 2.92. The van der Waals surface area contributed by atoms with E-state index in [2.05, 4.69) is 5.32 Å². The van der Waals surface area contributed by atoms with Crippen molar-refractivity contribution in [1.82, 2.24) is 5.32 Å². The van der Waals surface area contributed by atoms with E-state index in [1.807, 2.05) is 0 Å². The Kier molecular flexibility index (Phi) is 1.56. The van der Waals surface area contributed by atoms with Gasteiger partial charge in [0.1, 0.15) is 0 Å². The highest BCUT2D eigenvalue weighted by Crippen LogP contribution is 2.51. The summed E-state index contributed by atoms with van der Waals surface area (Å²) < 4.78 is 0. The van der Waals surface area contributed by atoms with Gasteiger partial charge in [-0.25, -0.2) is 0 Å². The number of fused-ring (bicyclic) bond motifs is 1. The predicted molar refractivity (Wildman–Crippen MR) is 41.5 cm³/mol. The van der Waals surface area contributed by atoms with Crippen LogP contribution in [0.15, 0.2) is 0 Å². The van der Waals surface area contributed by atoms with Crippen LogP contribution >= 0.6 is 0 Å². The van der Waals surface area contributed by atoms with Gasteiger partial charge in [-0.3, -0.25) is 14.9 Å². The first kappa shape index (κ1) is 8.43. The smallest absolute Gasteiger partial charge is 0.302 e. The second-order valence-corrected chi connectivity index (χ2v) is 3.67. The van der Waals surface area contributed by atoms with Crippen molar-refractivity contribution >= 4 is 5.91 Å². The van der Waals surface area contributed by atoms with Gasteiger partial charge in [0.15, 0.2) is 0 Å². The van der Waals surface area contributed by atoms with Crippen LogP contribution in [0.2, 0.25) is 0 Å². The molecule has 3 atom stereocenters. The minimum Gasteiger partial charge on any atom is -0.394 e. The van der Waals surface area contributed by atoms with E-state index >= 15 is 0 Å². The van der Waals surface area contributed by atoms with Gasteiger partial charge in [0, 0.05) is 17.3 Å². The highest BCUT2D eigenvalue weighted by molar-refractivity contribution is 5.89. The molecular weight excluding hydrogens is 176 g/mol. The van der Waals surface area contributed by atoms with Gasteiger partial charge in [-0.1, -0.05) is 0 Å². The van der Waals surface area contributed by atoms with Crippen molar-refractivity contribution < 1.29 is 14.8 Å². The largest absolute Gasteiger partial charge is 0.394 e. The number of carbonyl (C=O) groups excluding carboxylic acids is 1. The predicted octanol–water partition coefficient (Wildman–Crippen LogP) is -1.10. The summed E-state index contributed by atoms with van der Waals surface area (Å²) in [6.45, 7) is -0.143. The van der Waals surface area contributed by atoms with Crippen LogP contribution in [0, 0.1) is 16.0 Å². The van der Waals surface area contributed by atoms with Crippen LogP contribution in [0.3, 0.4) is 0 Å². The molecule has 0 aromatic heterocycles. The molecule has 1 heterocycles. The van der Waals surface area contributed by atoms with Gasteiger partial charge < -0.3 is 10.4 Å². The highest BCUT2D eigenvalue weighted by Gasteiger charge is 2.74. The molecule has 0 bridgehead atoms. The van der Waals surface area contributed by atoms with Crippen molar-refractivity contribution in [3.63, 3.8) is 0 Å². The monoisotopic (exact) mass is 186 g/mol. The zero-order chi connectivity index (χ0) is 9.64. The Hall–Kier alpha value is -1.17. The van der Waals surface area contributed by atoms with E-state index in [0.717, 1.165) is 0 Å². The topological polar surface area (TPSA) is 92.5 Å². The van der Waals surface area contributed by atoms with E-state index in [-0.39, 0.29) is 18.6 Å². The highest BCUT2D eigenvalue weighted by atomic mass is 16.6. The van der Waals surface area contributed by atoms with E-state index in [9.17, 15) is 14.9 Å². The molecule has 2 fully saturated rings. The van der Waals surface area contributed by atoms with E-state index in [1.165, 1.54) is 0 Å². The lowest BCUT2D eigenvalue weighted by Gasteiger charge is -2.22. The molecule has 2 aliphatic rings. The van der Waals surface area contributed by atoms with Crippen LogP contribution in [0.5, 0.6) is 0 Å². The van der Waals surface area contributed by atoms with E-state index < -0.39 is 16.4 Å². The van der Waals surface area contributed by atoms with Crippen molar-refractivity contribution in [2.45, 2.75) is 24.4 Å².